The van der Waals surface area contributed by atoms with Crippen LogP contribution in [0.15, 0.2) is 58.6 Å². The molecular weight excluding hydrogens is 320 g/mol. The van der Waals surface area contributed by atoms with E-state index in [-0.39, 0.29) is 16.4 Å². The molecule has 0 atom stereocenters. The molecule has 0 fully saturated rings. The van der Waals surface area contributed by atoms with E-state index in [1.807, 2.05) is 0 Å². The number of nitrogens with two attached hydrogens (primary N) is 1. The monoisotopic (exact) mass is 334 g/mol. The summed E-state index contributed by atoms with van der Waals surface area (Å²) in [7, 11) is -3.77. The van der Waals surface area contributed by atoms with E-state index in [2.05, 4.69) is 10.6 Å². The van der Waals surface area contributed by atoms with Crippen LogP contribution in [0, 0.1) is 5.21 Å². The van der Waals surface area contributed by atoms with Crippen LogP contribution in [-0.2, 0) is 10.0 Å². The SMILES string of the molecule is CC(=O)c1cccc(/[N+]([O-])=N/Nc2ccc(S(N)(=O)=O)cc2)c1. The molecule has 0 unspecified atom stereocenters. The van der Waals surface area contributed by atoms with Gasteiger partial charge in [0.2, 0.25) is 10.0 Å². The number of nitrogens with zero attached hydrogens (tertiary/aromatic N) is 2. The third-order valence-corrected chi connectivity index (χ3v) is 3.86. The first-order chi connectivity index (χ1) is 10.8. The zero-order chi connectivity index (χ0) is 17.0. The zero-order valence-corrected chi connectivity index (χ0v) is 12.9. The maximum Gasteiger partial charge on any atom is 0.238 e. The van der Waals surface area contributed by atoms with Gasteiger partial charge >= 0.3 is 0 Å². The number of carbonyl (C=O) groups excluding carboxylic acids is 1. The van der Waals surface area contributed by atoms with Crippen molar-refractivity contribution in [1.29, 1.82) is 0 Å². The minimum absolute atomic E-state index is 0.0452. The van der Waals surface area contributed by atoms with Crippen LogP contribution in [-0.4, -0.2) is 19.1 Å². The molecule has 0 aliphatic rings. The van der Waals surface area contributed by atoms with Crippen molar-refractivity contribution in [1.82, 2.24) is 0 Å². The average molecular weight is 334 g/mol. The summed E-state index contributed by atoms with van der Waals surface area (Å²) in [5.74, 6) is -0.160. The first-order valence-electron chi connectivity index (χ1n) is 6.45. The van der Waals surface area contributed by atoms with Crippen LogP contribution in [0.4, 0.5) is 11.4 Å². The maximum atomic E-state index is 11.9. The highest BCUT2D eigenvalue weighted by atomic mass is 32.2. The molecule has 0 saturated carbocycles. The lowest BCUT2D eigenvalue weighted by atomic mass is 10.1. The lowest BCUT2D eigenvalue weighted by Gasteiger charge is -2.06. The van der Waals surface area contributed by atoms with Gasteiger partial charge in [0.15, 0.2) is 11.5 Å². The van der Waals surface area contributed by atoms with E-state index in [4.69, 9.17) is 5.14 Å². The van der Waals surface area contributed by atoms with Gasteiger partial charge < -0.3 is 5.21 Å². The molecule has 8 nitrogen and oxygen atoms in total. The molecule has 0 heterocycles. The van der Waals surface area contributed by atoms with E-state index in [9.17, 15) is 18.4 Å². The van der Waals surface area contributed by atoms with Crippen molar-refractivity contribution in [3.63, 3.8) is 0 Å². The number of hydrogen-bond acceptors (Lipinski definition) is 5. The first-order valence-corrected chi connectivity index (χ1v) is 8.00. The molecule has 3 N–H and O–H groups in total. The third kappa shape index (κ3) is 4.34. The molecule has 0 radical (unpaired) electrons. The van der Waals surface area contributed by atoms with Gasteiger partial charge in [-0.15, -0.1) is 10.3 Å². The first kappa shape index (κ1) is 16.6. The van der Waals surface area contributed by atoms with Gasteiger partial charge in [-0.05, 0) is 43.3 Å². The van der Waals surface area contributed by atoms with Crippen molar-refractivity contribution < 1.29 is 18.1 Å². The molecule has 2 aromatic rings. The highest BCUT2D eigenvalue weighted by Crippen LogP contribution is 2.16. The van der Waals surface area contributed by atoms with Gasteiger partial charge in [-0.2, -0.15) is 0 Å². The predicted octanol–water partition coefficient (Wildman–Crippen LogP) is 2.16. The molecule has 9 heteroatoms. The van der Waals surface area contributed by atoms with Gasteiger partial charge in [-0.25, -0.2) is 13.6 Å². The van der Waals surface area contributed by atoms with Gasteiger partial charge in [0.05, 0.1) is 10.1 Å². The average Bonchev–Trinajstić information content (AvgIpc) is 2.52. The summed E-state index contributed by atoms with van der Waals surface area (Å²) in [6, 6.07) is 11.5. The van der Waals surface area contributed by atoms with Crippen LogP contribution in [0.1, 0.15) is 17.3 Å². The fourth-order valence-corrected chi connectivity index (χ4v) is 2.24. The van der Waals surface area contributed by atoms with Crippen LogP contribution >= 0.6 is 0 Å². The van der Waals surface area contributed by atoms with Crippen molar-refractivity contribution in [3.05, 3.63) is 59.3 Å². The molecular formula is C14H14N4O4S. The summed E-state index contributed by atoms with van der Waals surface area (Å²) >= 11 is 0. The Morgan fingerprint density at radius 3 is 2.43 bits per heavy atom. The number of carbonyl (C=O) groups is 1. The summed E-state index contributed by atoms with van der Waals surface area (Å²) in [6.45, 7) is 1.40. The van der Waals surface area contributed by atoms with Crippen LogP contribution in [0.5, 0.6) is 0 Å². The highest BCUT2D eigenvalue weighted by Gasteiger charge is 2.08. The number of anilines is 1. The van der Waals surface area contributed by atoms with E-state index in [1.165, 1.54) is 43.3 Å². The second-order valence-corrected chi connectivity index (χ2v) is 6.22. The van der Waals surface area contributed by atoms with Crippen molar-refractivity contribution in [2.24, 2.45) is 10.4 Å². The number of Topliss-reactive ketones (excluding diaryl/α,β-unsaturated/α-hetero) is 1. The van der Waals surface area contributed by atoms with Crippen molar-refractivity contribution >= 4 is 27.2 Å². The minimum Gasteiger partial charge on any atom is -0.691 e. The zero-order valence-electron chi connectivity index (χ0n) is 12.1. The van der Waals surface area contributed by atoms with Crippen molar-refractivity contribution in [2.75, 3.05) is 5.43 Å². The van der Waals surface area contributed by atoms with Crippen LogP contribution in [0.3, 0.4) is 0 Å². The number of primary sulfonamides is 1. The third-order valence-electron chi connectivity index (χ3n) is 2.93. The van der Waals surface area contributed by atoms with Crippen LogP contribution in [0.2, 0.25) is 0 Å². The van der Waals surface area contributed by atoms with Gasteiger partial charge in [-0.1, -0.05) is 12.1 Å². The second kappa shape index (κ2) is 6.55. The fourth-order valence-electron chi connectivity index (χ4n) is 1.72. The Morgan fingerprint density at radius 2 is 1.87 bits per heavy atom. The molecule has 0 aliphatic carbocycles. The molecule has 0 amide bonds. The van der Waals surface area contributed by atoms with Crippen LogP contribution in [0.25, 0.3) is 0 Å². The van der Waals surface area contributed by atoms with Crippen molar-refractivity contribution in [3.8, 4) is 0 Å². The Morgan fingerprint density at radius 1 is 1.22 bits per heavy atom. The van der Waals surface area contributed by atoms with Crippen LogP contribution < -0.4 is 10.6 Å². The lowest BCUT2D eigenvalue weighted by molar-refractivity contribution is -0.439. The molecule has 0 bridgehead atoms. The largest absolute Gasteiger partial charge is 0.691 e. The summed E-state index contributed by atoms with van der Waals surface area (Å²) < 4.78 is 22.3. The van der Waals surface area contributed by atoms with Gasteiger partial charge in [0.25, 0.3) is 0 Å². The standard InChI is InChI=1S/C14H14N4O4S/c1-10(19)11-3-2-4-13(9-11)18(20)17-16-12-5-7-14(8-6-12)23(15,21)22/h2-9,16H,1H3,(H2,15,21,22)/b18-17-. The highest BCUT2D eigenvalue weighted by molar-refractivity contribution is 7.89. The normalized spacial score (nSPS) is 12.0. The van der Waals surface area contributed by atoms with Crippen molar-refractivity contribution in [2.45, 2.75) is 11.8 Å². The van der Waals surface area contributed by atoms with Gasteiger partial charge in [-0.3, -0.25) is 4.79 Å². The van der Waals surface area contributed by atoms with E-state index in [1.54, 1.807) is 12.1 Å². The Labute approximate surface area is 132 Å². The summed E-state index contributed by atoms with van der Waals surface area (Å²) in [5.41, 5.74) is 3.48. The molecule has 0 aliphatic heterocycles. The van der Waals surface area contributed by atoms with Gasteiger partial charge in [0, 0.05) is 5.56 Å². The Kier molecular flexibility index (Phi) is 4.72. The van der Waals surface area contributed by atoms with Gasteiger partial charge in [0.1, 0.15) is 5.69 Å². The Balaban J connectivity index is 2.16. The number of benzene rings is 2. The Bertz CT molecular complexity index is 861. The molecule has 0 spiro atoms. The molecule has 2 rings (SSSR count). The minimum atomic E-state index is -3.77. The second-order valence-electron chi connectivity index (χ2n) is 4.66. The molecule has 23 heavy (non-hydrogen) atoms. The molecule has 0 saturated heterocycles. The summed E-state index contributed by atoms with van der Waals surface area (Å²) in [4.78, 5) is 11.6. The fraction of sp³-hybridized carbons (Fsp3) is 0.0714. The summed E-state index contributed by atoms with van der Waals surface area (Å²) in [6.07, 6.45) is 0. The molecule has 0 aromatic heterocycles. The smallest absolute Gasteiger partial charge is 0.238 e. The van der Waals surface area contributed by atoms with E-state index >= 15 is 0 Å². The lowest BCUT2D eigenvalue weighted by Crippen LogP contribution is -2.11. The number of nitrogens with one attached hydrogen (secondary N) is 1. The number of ketones is 1. The number of sulfonamides is 1. The summed E-state index contributed by atoms with van der Waals surface area (Å²) in [5, 5.41) is 20.5. The predicted molar refractivity (Wildman–Crippen MR) is 83.6 cm³/mol. The quantitative estimate of drug-likeness (QED) is 0.375. The topological polar surface area (TPSA) is 128 Å². The Hall–Kier alpha value is -2.78. The number of hydrogen-bond donors (Lipinski definition) is 2. The molecule has 120 valence electrons. The number of rotatable bonds is 5. The molecule has 2 aromatic carbocycles. The van der Waals surface area contributed by atoms with E-state index < -0.39 is 10.0 Å². The van der Waals surface area contributed by atoms with E-state index in [0.717, 1.165) is 0 Å². The van der Waals surface area contributed by atoms with E-state index in [0.29, 0.717) is 16.1 Å². The maximum absolute atomic E-state index is 11.9.